The number of halogens is 2. The fraction of sp³-hybridized carbons (Fsp3) is 0.444. The molecular formula is C18H21Cl2N3O2. The maximum absolute atomic E-state index is 12.5. The minimum Gasteiger partial charge on any atom is -0.444 e. The lowest BCUT2D eigenvalue weighted by Crippen LogP contribution is -2.34. The lowest BCUT2D eigenvalue weighted by molar-refractivity contribution is -0.129. The monoisotopic (exact) mass is 381 g/mol. The summed E-state index contributed by atoms with van der Waals surface area (Å²) in [4.78, 5) is 18.9. The summed E-state index contributed by atoms with van der Waals surface area (Å²) in [5.74, 6) is 1.66. The van der Waals surface area contributed by atoms with Crippen molar-refractivity contribution in [3.8, 4) is 11.5 Å². The summed E-state index contributed by atoms with van der Waals surface area (Å²) in [6, 6.07) is 7.53. The van der Waals surface area contributed by atoms with Crippen molar-refractivity contribution in [2.24, 2.45) is 17.6 Å². The summed E-state index contributed by atoms with van der Waals surface area (Å²) in [5.41, 5.74) is 7.64. The Morgan fingerprint density at radius 2 is 2.04 bits per heavy atom. The molecule has 7 heteroatoms. The average molecular weight is 382 g/mol. The van der Waals surface area contributed by atoms with Crippen LogP contribution in [0.25, 0.3) is 11.5 Å². The molecule has 2 aromatic rings. The van der Waals surface area contributed by atoms with Crippen LogP contribution >= 0.6 is 24.0 Å². The van der Waals surface area contributed by atoms with Gasteiger partial charge in [0.2, 0.25) is 11.8 Å². The zero-order chi connectivity index (χ0) is 16.7. The number of rotatable bonds is 3. The first-order chi connectivity index (χ1) is 11.6. The third kappa shape index (κ3) is 3.68. The van der Waals surface area contributed by atoms with Crippen molar-refractivity contribution in [2.75, 3.05) is 13.1 Å². The molecule has 1 aromatic carbocycles. The highest BCUT2D eigenvalue weighted by Crippen LogP contribution is 2.37. The molecule has 1 amide bonds. The average Bonchev–Trinajstić information content (AvgIpc) is 3.26. The van der Waals surface area contributed by atoms with E-state index in [0.717, 1.165) is 31.5 Å². The van der Waals surface area contributed by atoms with Crippen LogP contribution in [0.15, 0.2) is 34.9 Å². The molecule has 1 aromatic heterocycles. The van der Waals surface area contributed by atoms with Crippen LogP contribution in [-0.4, -0.2) is 34.9 Å². The van der Waals surface area contributed by atoms with Crippen LogP contribution in [0.4, 0.5) is 0 Å². The number of hydrogen-bond donors (Lipinski definition) is 1. The molecule has 0 bridgehead atoms. The molecular weight excluding hydrogens is 361 g/mol. The number of benzene rings is 1. The molecule has 0 radical (unpaired) electrons. The lowest BCUT2D eigenvalue weighted by atomic mass is 9.98. The Morgan fingerprint density at radius 3 is 2.76 bits per heavy atom. The third-order valence-electron chi connectivity index (χ3n) is 5.24. The molecule has 4 rings (SSSR count). The maximum Gasteiger partial charge on any atom is 0.228 e. The number of nitrogens with two attached hydrogens (primary N) is 1. The number of aromatic nitrogens is 1. The number of carbonyl (C=O) groups is 1. The Bertz CT molecular complexity index is 747. The molecule has 2 aliphatic rings. The van der Waals surface area contributed by atoms with Crippen LogP contribution in [0, 0.1) is 11.8 Å². The first-order valence-electron chi connectivity index (χ1n) is 8.34. The summed E-state index contributed by atoms with van der Waals surface area (Å²) in [7, 11) is 0. The fourth-order valence-corrected chi connectivity index (χ4v) is 4.02. The van der Waals surface area contributed by atoms with E-state index in [1.165, 1.54) is 0 Å². The summed E-state index contributed by atoms with van der Waals surface area (Å²) < 4.78 is 5.50. The normalized spacial score (nSPS) is 24.9. The summed E-state index contributed by atoms with van der Waals surface area (Å²) in [6.07, 6.45) is 4.06. The second-order valence-electron chi connectivity index (χ2n) is 6.79. The van der Waals surface area contributed by atoms with Gasteiger partial charge in [-0.1, -0.05) is 11.6 Å². The Hall–Kier alpha value is -1.56. The van der Waals surface area contributed by atoms with Crippen LogP contribution in [0.3, 0.4) is 0 Å². The third-order valence-corrected chi connectivity index (χ3v) is 5.49. The second kappa shape index (κ2) is 7.36. The summed E-state index contributed by atoms with van der Waals surface area (Å²) in [6.45, 7) is 1.62. The van der Waals surface area contributed by atoms with E-state index in [0.29, 0.717) is 28.4 Å². The molecule has 2 heterocycles. The van der Waals surface area contributed by atoms with Gasteiger partial charge in [0.05, 0.1) is 12.1 Å². The van der Waals surface area contributed by atoms with Gasteiger partial charge in [0.15, 0.2) is 0 Å². The Labute approximate surface area is 157 Å². The number of nitrogens with zero attached hydrogens (tertiary/aromatic N) is 2. The van der Waals surface area contributed by atoms with Gasteiger partial charge in [-0.15, -0.1) is 12.4 Å². The van der Waals surface area contributed by atoms with Crippen LogP contribution in [0.5, 0.6) is 0 Å². The van der Waals surface area contributed by atoms with Crippen molar-refractivity contribution in [3.05, 3.63) is 41.2 Å². The van der Waals surface area contributed by atoms with Crippen molar-refractivity contribution < 1.29 is 9.21 Å². The largest absolute Gasteiger partial charge is 0.444 e. The maximum atomic E-state index is 12.5. The molecule has 134 valence electrons. The highest BCUT2D eigenvalue weighted by Gasteiger charge is 2.42. The van der Waals surface area contributed by atoms with Crippen molar-refractivity contribution in [1.82, 2.24) is 9.88 Å². The predicted octanol–water partition coefficient (Wildman–Crippen LogP) is 3.16. The molecule has 1 aliphatic carbocycles. The number of carbonyl (C=O) groups excluding carboxylic acids is 1. The zero-order valence-corrected chi connectivity index (χ0v) is 15.3. The van der Waals surface area contributed by atoms with Crippen molar-refractivity contribution in [2.45, 2.75) is 25.3 Å². The second-order valence-corrected chi connectivity index (χ2v) is 7.23. The van der Waals surface area contributed by atoms with E-state index in [4.69, 9.17) is 21.8 Å². The number of oxazole rings is 1. The number of hydrogen-bond acceptors (Lipinski definition) is 4. The Balaban J connectivity index is 0.00000182. The van der Waals surface area contributed by atoms with Gasteiger partial charge in [-0.2, -0.15) is 0 Å². The van der Waals surface area contributed by atoms with E-state index in [-0.39, 0.29) is 30.8 Å². The van der Waals surface area contributed by atoms with E-state index in [1.807, 2.05) is 17.0 Å². The summed E-state index contributed by atoms with van der Waals surface area (Å²) >= 11 is 5.89. The number of fused-ring (bicyclic) bond motifs is 1. The number of amides is 1. The Morgan fingerprint density at radius 1 is 1.28 bits per heavy atom. The van der Waals surface area contributed by atoms with Gasteiger partial charge in [0.1, 0.15) is 6.26 Å². The molecule has 1 saturated carbocycles. The van der Waals surface area contributed by atoms with Gasteiger partial charge >= 0.3 is 0 Å². The zero-order valence-electron chi connectivity index (χ0n) is 13.7. The van der Waals surface area contributed by atoms with Crippen molar-refractivity contribution in [1.29, 1.82) is 0 Å². The van der Waals surface area contributed by atoms with E-state index >= 15 is 0 Å². The Kier molecular flexibility index (Phi) is 5.37. The molecule has 1 aliphatic heterocycles. The minimum absolute atomic E-state index is 0. The molecule has 5 nitrogen and oxygen atoms in total. The number of likely N-dealkylation sites (tertiary alicyclic amines) is 1. The summed E-state index contributed by atoms with van der Waals surface area (Å²) in [5, 5.41) is 0.665. The topological polar surface area (TPSA) is 72.4 Å². The fourth-order valence-electron chi connectivity index (χ4n) is 3.89. The lowest BCUT2D eigenvalue weighted by Gasteiger charge is -2.18. The van der Waals surface area contributed by atoms with Crippen LogP contribution in [0.1, 0.15) is 18.5 Å². The van der Waals surface area contributed by atoms with Crippen LogP contribution in [-0.2, 0) is 11.2 Å². The van der Waals surface area contributed by atoms with Gasteiger partial charge in [0.25, 0.3) is 0 Å². The van der Waals surface area contributed by atoms with E-state index in [1.54, 1.807) is 18.4 Å². The van der Waals surface area contributed by atoms with Gasteiger partial charge in [-0.25, -0.2) is 4.98 Å². The SMILES string of the molecule is Cl.NC1CCC2CN(C(=O)Cc3coc(-c4ccc(Cl)cc4)n3)CC12. The highest BCUT2D eigenvalue weighted by atomic mass is 35.5. The molecule has 3 unspecified atom stereocenters. The van der Waals surface area contributed by atoms with Crippen LogP contribution in [0.2, 0.25) is 5.02 Å². The van der Waals surface area contributed by atoms with Crippen molar-refractivity contribution >= 4 is 29.9 Å². The first-order valence-corrected chi connectivity index (χ1v) is 8.71. The van der Waals surface area contributed by atoms with E-state index < -0.39 is 0 Å². The first kappa shape index (κ1) is 18.2. The molecule has 3 atom stereocenters. The predicted molar refractivity (Wildman–Crippen MR) is 98.7 cm³/mol. The molecule has 1 saturated heterocycles. The molecule has 2 N–H and O–H groups in total. The van der Waals surface area contributed by atoms with Crippen LogP contribution < -0.4 is 5.73 Å². The van der Waals surface area contributed by atoms with Gasteiger partial charge in [0, 0.05) is 29.7 Å². The van der Waals surface area contributed by atoms with Gasteiger partial charge < -0.3 is 15.1 Å². The standard InChI is InChI=1S/C18H20ClN3O2.ClH/c19-13-4-1-11(2-5-13)18-21-14(10-24-18)7-17(23)22-8-12-3-6-16(20)15(12)9-22;/h1-2,4-5,10,12,15-16H,3,6-9,20H2;1H. The molecule has 0 spiro atoms. The van der Waals surface area contributed by atoms with Crippen molar-refractivity contribution in [3.63, 3.8) is 0 Å². The smallest absolute Gasteiger partial charge is 0.228 e. The quantitative estimate of drug-likeness (QED) is 0.885. The van der Waals surface area contributed by atoms with Gasteiger partial charge in [-0.3, -0.25) is 4.79 Å². The van der Waals surface area contributed by atoms with E-state index in [2.05, 4.69) is 4.98 Å². The minimum atomic E-state index is 0. The van der Waals surface area contributed by atoms with E-state index in [9.17, 15) is 4.79 Å². The molecule has 25 heavy (non-hydrogen) atoms. The van der Waals surface area contributed by atoms with Gasteiger partial charge in [-0.05, 0) is 48.9 Å². The highest BCUT2D eigenvalue weighted by molar-refractivity contribution is 6.30. The molecule has 2 fully saturated rings.